The van der Waals surface area contributed by atoms with E-state index in [0.29, 0.717) is 5.56 Å². The molecule has 122 valence electrons. The molecule has 0 aromatic heterocycles. The van der Waals surface area contributed by atoms with E-state index in [2.05, 4.69) is 0 Å². The molecule has 1 N–H and O–H groups in total. The molecule has 2 unspecified atom stereocenters. The van der Waals surface area contributed by atoms with Crippen LogP contribution in [0, 0.1) is 20.8 Å². The third-order valence-corrected chi connectivity index (χ3v) is 6.31. The third-order valence-electron chi connectivity index (χ3n) is 3.95. The van der Waals surface area contributed by atoms with Gasteiger partial charge in [-0.25, -0.2) is 0 Å². The van der Waals surface area contributed by atoms with Crippen molar-refractivity contribution in [3.8, 4) is 0 Å². The maximum Gasteiger partial charge on any atom is 0.303 e. The largest absolute Gasteiger partial charge is 0.368 e. The molecule has 23 heavy (non-hydrogen) atoms. The number of hydrogen-bond donors (Lipinski definition) is 1. The summed E-state index contributed by atoms with van der Waals surface area (Å²) in [4.78, 5) is 13.0. The summed E-state index contributed by atoms with van der Waals surface area (Å²) in [6, 6.07) is 11.8. The van der Waals surface area contributed by atoms with Crippen LogP contribution in [-0.4, -0.2) is 16.9 Å². The van der Waals surface area contributed by atoms with Crippen LogP contribution in [0.2, 0.25) is 0 Å². The Bertz CT molecular complexity index is 766. The zero-order valence-electron chi connectivity index (χ0n) is 13.7. The maximum atomic E-state index is 13.3. The number of benzene rings is 2. The summed E-state index contributed by atoms with van der Waals surface area (Å²) in [7, 11) is -3.89. The van der Waals surface area contributed by atoms with Gasteiger partial charge in [0.2, 0.25) is 0 Å². The zero-order chi connectivity index (χ0) is 17.2. The standard InChI is InChI=1S/C18H21O4P/c1-12-10-11-17(14(3)13(12)2)18(20)23(21,22-15(4)19)16-8-6-5-7-9-16/h5-11,15,19H,1-4H3. The Labute approximate surface area is 136 Å². The normalized spacial score (nSPS) is 15.0. The number of aliphatic hydroxyl groups is 1. The SMILES string of the molecule is Cc1ccc(C(=O)P(=O)(OC(C)O)c2ccccc2)c(C)c1C. The average molecular weight is 332 g/mol. The van der Waals surface area contributed by atoms with Gasteiger partial charge in [-0.2, -0.15) is 0 Å². The van der Waals surface area contributed by atoms with Crippen molar-refractivity contribution in [3.63, 3.8) is 0 Å². The van der Waals surface area contributed by atoms with Gasteiger partial charge in [0.1, 0.15) is 0 Å². The second-order valence-electron chi connectivity index (χ2n) is 5.58. The fourth-order valence-corrected chi connectivity index (χ4v) is 4.42. The van der Waals surface area contributed by atoms with Gasteiger partial charge in [0.05, 0.1) is 0 Å². The molecule has 0 saturated heterocycles. The van der Waals surface area contributed by atoms with Gasteiger partial charge in [0.25, 0.3) is 5.52 Å². The van der Waals surface area contributed by atoms with E-state index in [1.807, 2.05) is 26.8 Å². The molecule has 5 heteroatoms. The van der Waals surface area contributed by atoms with Gasteiger partial charge in [-0.3, -0.25) is 13.9 Å². The lowest BCUT2D eigenvalue weighted by molar-refractivity contribution is 0.00370. The molecule has 0 saturated carbocycles. The van der Waals surface area contributed by atoms with Crippen LogP contribution in [0.4, 0.5) is 0 Å². The third kappa shape index (κ3) is 3.45. The van der Waals surface area contributed by atoms with Crippen LogP contribution in [0.25, 0.3) is 0 Å². The Kier molecular flexibility index (Phi) is 5.20. The van der Waals surface area contributed by atoms with Crippen molar-refractivity contribution in [2.75, 3.05) is 0 Å². The molecule has 0 amide bonds. The Hall–Kier alpha value is -1.74. The molecule has 0 fully saturated rings. The van der Waals surface area contributed by atoms with E-state index in [9.17, 15) is 14.5 Å². The van der Waals surface area contributed by atoms with Crippen LogP contribution in [0.15, 0.2) is 42.5 Å². The second-order valence-corrected chi connectivity index (χ2v) is 7.81. The lowest BCUT2D eigenvalue weighted by atomic mass is 10.00. The van der Waals surface area contributed by atoms with Crippen LogP contribution in [0.3, 0.4) is 0 Å². The summed E-state index contributed by atoms with van der Waals surface area (Å²) in [5, 5.41) is 9.85. The van der Waals surface area contributed by atoms with Crippen molar-refractivity contribution in [1.29, 1.82) is 0 Å². The molecule has 0 bridgehead atoms. The molecular formula is C18H21O4P. The van der Waals surface area contributed by atoms with Crippen molar-refractivity contribution in [3.05, 3.63) is 64.7 Å². The van der Waals surface area contributed by atoms with Gasteiger partial charge < -0.3 is 5.11 Å². The highest BCUT2D eigenvalue weighted by atomic mass is 31.2. The molecular weight excluding hydrogens is 311 g/mol. The Morgan fingerprint density at radius 1 is 1.04 bits per heavy atom. The summed E-state index contributed by atoms with van der Waals surface area (Å²) in [6.07, 6.45) is -1.31. The fraction of sp³-hybridized carbons (Fsp3) is 0.278. The van der Waals surface area contributed by atoms with Crippen LogP contribution >= 0.6 is 7.37 Å². The predicted octanol–water partition coefficient (Wildman–Crippen LogP) is 3.71. The van der Waals surface area contributed by atoms with Crippen LogP contribution in [-0.2, 0) is 9.09 Å². The minimum atomic E-state index is -3.89. The van der Waals surface area contributed by atoms with E-state index in [0.717, 1.165) is 16.7 Å². The summed E-state index contributed by atoms with van der Waals surface area (Å²) >= 11 is 0. The van der Waals surface area contributed by atoms with Crippen molar-refractivity contribution in [2.24, 2.45) is 0 Å². The lowest BCUT2D eigenvalue weighted by Crippen LogP contribution is -2.20. The van der Waals surface area contributed by atoms with Crippen LogP contribution < -0.4 is 5.30 Å². The molecule has 2 atom stereocenters. The van der Waals surface area contributed by atoms with E-state index >= 15 is 0 Å². The highest BCUT2D eigenvalue weighted by Gasteiger charge is 2.38. The van der Waals surface area contributed by atoms with E-state index < -0.39 is 19.2 Å². The lowest BCUT2D eigenvalue weighted by Gasteiger charge is -2.21. The van der Waals surface area contributed by atoms with Crippen molar-refractivity contribution < 1.29 is 19.0 Å². The van der Waals surface area contributed by atoms with Crippen molar-refractivity contribution in [2.45, 2.75) is 34.0 Å². The summed E-state index contributed by atoms with van der Waals surface area (Å²) in [6.45, 7) is 7.05. The maximum absolute atomic E-state index is 13.3. The van der Waals surface area contributed by atoms with Gasteiger partial charge in [0.15, 0.2) is 6.29 Å². The Morgan fingerprint density at radius 3 is 2.22 bits per heavy atom. The monoisotopic (exact) mass is 332 g/mol. The number of aryl methyl sites for hydroxylation is 1. The van der Waals surface area contributed by atoms with Gasteiger partial charge in [-0.05, 0) is 56.5 Å². The summed E-state index contributed by atoms with van der Waals surface area (Å²) < 4.78 is 18.6. The molecule has 0 heterocycles. The number of carbonyl (C=O) groups excluding carboxylic acids is 1. The number of hydrogen-bond acceptors (Lipinski definition) is 4. The first-order valence-corrected chi connectivity index (χ1v) is 9.03. The van der Waals surface area contributed by atoms with Crippen molar-refractivity contribution in [1.82, 2.24) is 0 Å². The molecule has 0 spiro atoms. The van der Waals surface area contributed by atoms with Gasteiger partial charge in [-0.15, -0.1) is 0 Å². The van der Waals surface area contributed by atoms with E-state index in [1.165, 1.54) is 6.92 Å². The number of aliphatic hydroxyl groups excluding tert-OH is 1. The minimum absolute atomic E-state index is 0.281. The first kappa shape index (κ1) is 17.6. The first-order valence-electron chi connectivity index (χ1n) is 7.41. The van der Waals surface area contributed by atoms with Gasteiger partial charge in [-0.1, -0.05) is 30.3 Å². The average Bonchev–Trinajstić information content (AvgIpc) is 2.52. The molecule has 2 aromatic carbocycles. The predicted molar refractivity (Wildman–Crippen MR) is 91.4 cm³/mol. The second kappa shape index (κ2) is 6.79. The van der Waals surface area contributed by atoms with Crippen LogP contribution in [0.5, 0.6) is 0 Å². The van der Waals surface area contributed by atoms with Crippen molar-refractivity contribution >= 4 is 18.2 Å². The highest BCUT2D eigenvalue weighted by Crippen LogP contribution is 2.50. The number of rotatable bonds is 5. The molecule has 0 aliphatic carbocycles. The Balaban J connectivity index is 2.59. The summed E-state index contributed by atoms with van der Waals surface area (Å²) in [5.41, 5.74) is 2.59. The zero-order valence-corrected chi connectivity index (χ0v) is 14.6. The quantitative estimate of drug-likeness (QED) is 0.670. The molecule has 2 aromatic rings. The molecule has 0 aliphatic rings. The van der Waals surface area contributed by atoms with Crippen LogP contribution in [0.1, 0.15) is 34.0 Å². The molecule has 0 radical (unpaired) electrons. The molecule has 2 rings (SSSR count). The topological polar surface area (TPSA) is 63.6 Å². The Morgan fingerprint density at radius 2 is 1.65 bits per heavy atom. The number of carbonyl (C=O) groups is 1. The smallest absolute Gasteiger partial charge is 0.303 e. The summed E-state index contributed by atoms with van der Waals surface area (Å²) in [5.74, 6) is 0. The minimum Gasteiger partial charge on any atom is -0.368 e. The molecule has 4 nitrogen and oxygen atoms in total. The highest BCUT2D eigenvalue weighted by molar-refractivity contribution is 7.83. The van der Waals surface area contributed by atoms with E-state index in [1.54, 1.807) is 36.4 Å². The molecule has 0 aliphatic heterocycles. The van der Waals surface area contributed by atoms with Gasteiger partial charge in [0, 0.05) is 10.9 Å². The van der Waals surface area contributed by atoms with E-state index in [-0.39, 0.29) is 5.30 Å². The first-order chi connectivity index (χ1) is 10.8. The fourth-order valence-electron chi connectivity index (χ4n) is 2.41. The van der Waals surface area contributed by atoms with Gasteiger partial charge >= 0.3 is 7.37 Å². The van der Waals surface area contributed by atoms with E-state index in [4.69, 9.17) is 4.52 Å².